The van der Waals surface area contributed by atoms with E-state index < -0.39 is 0 Å². The molecule has 1 N–H and O–H groups in total. The van der Waals surface area contributed by atoms with Gasteiger partial charge in [0.25, 0.3) is 0 Å². The van der Waals surface area contributed by atoms with Gasteiger partial charge in [-0.2, -0.15) is 0 Å². The minimum absolute atomic E-state index is 0. The summed E-state index contributed by atoms with van der Waals surface area (Å²) in [6.07, 6.45) is 1.78. The maximum atomic E-state index is 3.91. The van der Waals surface area contributed by atoms with Crippen molar-refractivity contribution < 1.29 is 22.4 Å². The molecule has 0 aliphatic heterocycles. The second kappa shape index (κ2) is 4.37. The zero-order valence-electron chi connectivity index (χ0n) is 7.08. The predicted octanol–water partition coefficient (Wildman–Crippen LogP) is 1.78. The van der Waals surface area contributed by atoms with E-state index in [1.54, 1.807) is 6.20 Å². The van der Waals surface area contributed by atoms with Crippen LogP contribution in [0.1, 0.15) is 5.56 Å². The molecule has 3 nitrogen and oxygen atoms in total. The molecule has 0 aliphatic carbocycles. The monoisotopic (exact) mass is 266 g/mol. The van der Waals surface area contributed by atoms with Gasteiger partial charge in [0, 0.05) is 34.1 Å². The molecule has 4 heteroatoms. The third kappa shape index (κ3) is 2.28. The van der Waals surface area contributed by atoms with E-state index in [4.69, 9.17) is 0 Å². The Balaban J connectivity index is 0.000000845. The molecule has 0 saturated heterocycles. The summed E-state index contributed by atoms with van der Waals surface area (Å²) in [5, 5.41) is 10.2. The van der Waals surface area contributed by atoms with E-state index in [1.807, 2.05) is 12.1 Å². The number of H-pyrrole nitrogens is 1. The largest absolute Gasteiger partial charge is 0.265 e. The molecular formula is C9H9AgN3. The van der Waals surface area contributed by atoms with Gasteiger partial charge in [-0.25, -0.2) is 0 Å². The second-order valence-corrected chi connectivity index (χ2v) is 2.72. The number of hydrogen-bond acceptors (Lipinski definition) is 2. The Hall–Kier alpha value is -0.900. The van der Waals surface area contributed by atoms with Gasteiger partial charge in [0.1, 0.15) is 5.69 Å². The number of aromatic nitrogens is 3. The van der Waals surface area contributed by atoms with Crippen molar-refractivity contribution in [3.05, 3.63) is 36.0 Å². The summed E-state index contributed by atoms with van der Waals surface area (Å²) in [7, 11) is 0. The van der Waals surface area contributed by atoms with Crippen LogP contribution < -0.4 is 0 Å². The maximum Gasteiger partial charge on any atom is 0.112 e. The Morgan fingerprint density at radius 3 is 2.38 bits per heavy atom. The molecule has 0 amide bonds. The molecule has 13 heavy (non-hydrogen) atoms. The van der Waals surface area contributed by atoms with Crippen molar-refractivity contribution in [2.24, 2.45) is 0 Å². The fraction of sp³-hybridized carbons (Fsp3) is 0.111. The van der Waals surface area contributed by atoms with Gasteiger partial charge < -0.3 is 0 Å². The number of benzene rings is 1. The Kier molecular flexibility index (Phi) is 3.42. The molecule has 0 aliphatic rings. The molecule has 2 rings (SSSR count). The third-order valence-corrected chi connectivity index (χ3v) is 1.76. The quantitative estimate of drug-likeness (QED) is 0.800. The minimum atomic E-state index is 0. The molecular weight excluding hydrogens is 258 g/mol. The Labute approximate surface area is 92.1 Å². The molecule has 1 aromatic heterocycles. The van der Waals surface area contributed by atoms with E-state index in [1.165, 1.54) is 5.56 Å². The SMILES string of the molecule is Cc1ccc(-c2c[nH]nn2)cc1.[Ag]. The van der Waals surface area contributed by atoms with Gasteiger partial charge in [0.05, 0.1) is 0 Å². The van der Waals surface area contributed by atoms with E-state index in [2.05, 4.69) is 34.5 Å². The van der Waals surface area contributed by atoms with Crippen molar-refractivity contribution >= 4 is 0 Å². The summed E-state index contributed by atoms with van der Waals surface area (Å²) in [6, 6.07) is 8.19. The van der Waals surface area contributed by atoms with Crippen LogP contribution in [0.2, 0.25) is 0 Å². The molecule has 71 valence electrons. The fourth-order valence-corrected chi connectivity index (χ4v) is 1.07. The first-order valence-electron chi connectivity index (χ1n) is 3.80. The number of hydrogen-bond donors (Lipinski definition) is 1. The molecule has 0 spiro atoms. The molecule has 1 heterocycles. The van der Waals surface area contributed by atoms with E-state index in [-0.39, 0.29) is 22.4 Å². The molecule has 1 radical (unpaired) electrons. The zero-order chi connectivity index (χ0) is 8.39. The summed E-state index contributed by atoms with van der Waals surface area (Å²) >= 11 is 0. The Morgan fingerprint density at radius 1 is 1.15 bits per heavy atom. The molecule has 0 fully saturated rings. The van der Waals surface area contributed by atoms with Crippen molar-refractivity contribution in [3.63, 3.8) is 0 Å². The Morgan fingerprint density at radius 2 is 1.85 bits per heavy atom. The molecule has 0 atom stereocenters. The van der Waals surface area contributed by atoms with Crippen LogP contribution in [0.25, 0.3) is 11.3 Å². The van der Waals surface area contributed by atoms with E-state index in [9.17, 15) is 0 Å². The zero-order valence-corrected chi connectivity index (χ0v) is 8.56. The topological polar surface area (TPSA) is 41.6 Å². The van der Waals surface area contributed by atoms with Crippen molar-refractivity contribution in [1.29, 1.82) is 0 Å². The summed E-state index contributed by atoms with van der Waals surface area (Å²) in [5.74, 6) is 0. The average Bonchev–Trinajstić information content (AvgIpc) is 2.58. The van der Waals surface area contributed by atoms with Crippen molar-refractivity contribution in [2.75, 3.05) is 0 Å². The fourth-order valence-electron chi connectivity index (χ4n) is 1.07. The van der Waals surface area contributed by atoms with Gasteiger partial charge in [-0.15, -0.1) is 5.10 Å². The van der Waals surface area contributed by atoms with Crippen LogP contribution in [-0.2, 0) is 22.4 Å². The van der Waals surface area contributed by atoms with Gasteiger partial charge in [0.2, 0.25) is 0 Å². The number of rotatable bonds is 1. The van der Waals surface area contributed by atoms with Crippen molar-refractivity contribution in [2.45, 2.75) is 6.92 Å². The van der Waals surface area contributed by atoms with E-state index in [0.717, 1.165) is 11.3 Å². The van der Waals surface area contributed by atoms with Crippen molar-refractivity contribution in [1.82, 2.24) is 15.4 Å². The first-order chi connectivity index (χ1) is 5.86. The second-order valence-electron chi connectivity index (χ2n) is 2.72. The minimum Gasteiger partial charge on any atom is -0.265 e. The van der Waals surface area contributed by atoms with Gasteiger partial charge in [-0.3, -0.25) is 5.10 Å². The van der Waals surface area contributed by atoms with Gasteiger partial charge >= 0.3 is 0 Å². The predicted molar refractivity (Wildman–Crippen MR) is 46.6 cm³/mol. The van der Waals surface area contributed by atoms with Crippen LogP contribution in [0.3, 0.4) is 0 Å². The number of aromatic amines is 1. The van der Waals surface area contributed by atoms with Crippen LogP contribution >= 0.6 is 0 Å². The van der Waals surface area contributed by atoms with Crippen LogP contribution in [0.15, 0.2) is 30.5 Å². The van der Waals surface area contributed by atoms with E-state index >= 15 is 0 Å². The van der Waals surface area contributed by atoms with E-state index in [0.29, 0.717) is 0 Å². The summed E-state index contributed by atoms with van der Waals surface area (Å²) in [6.45, 7) is 2.06. The number of aryl methyl sites for hydroxylation is 1. The van der Waals surface area contributed by atoms with Crippen LogP contribution in [0.4, 0.5) is 0 Å². The number of nitrogens with zero attached hydrogens (tertiary/aromatic N) is 2. The smallest absolute Gasteiger partial charge is 0.112 e. The normalized spacial score (nSPS) is 9.31. The molecule has 0 unspecified atom stereocenters. The number of nitrogens with one attached hydrogen (secondary N) is 1. The third-order valence-electron chi connectivity index (χ3n) is 1.76. The van der Waals surface area contributed by atoms with Crippen molar-refractivity contribution in [3.8, 4) is 11.3 Å². The van der Waals surface area contributed by atoms with Gasteiger partial charge in [-0.1, -0.05) is 35.0 Å². The molecule has 1 aromatic carbocycles. The van der Waals surface area contributed by atoms with Gasteiger partial charge in [0.15, 0.2) is 0 Å². The maximum absolute atomic E-state index is 3.91. The van der Waals surface area contributed by atoms with Crippen LogP contribution in [0.5, 0.6) is 0 Å². The standard InChI is InChI=1S/C9H9N3.Ag/c1-7-2-4-8(5-3-7)9-6-10-12-11-9;/h2-6H,1H3,(H,10,11,12);. The summed E-state index contributed by atoms with van der Waals surface area (Å²) in [5.41, 5.74) is 3.23. The Bertz CT molecular complexity index is 353. The summed E-state index contributed by atoms with van der Waals surface area (Å²) in [4.78, 5) is 0. The first kappa shape index (κ1) is 10.2. The summed E-state index contributed by atoms with van der Waals surface area (Å²) < 4.78 is 0. The van der Waals surface area contributed by atoms with Crippen LogP contribution in [0, 0.1) is 6.92 Å². The van der Waals surface area contributed by atoms with Gasteiger partial charge in [-0.05, 0) is 6.92 Å². The molecule has 0 bridgehead atoms. The molecule has 0 saturated carbocycles. The first-order valence-corrected chi connectivity index (χ1v) is 3.80. The average molecular weight is 267 g/mol. The molecule has 2 aromatic rings. The van der Waals surface area contributed by atoms with Crippen LogP contribution in [-0.4, -0.2) is 15.4 Å².